The summed E-state index contributed by atoms with van der Waals surface area (Å²) in [6, 6.07) is 1.63. The Bertz CT molecular complexity index is 409. The van der Waals surface area contributed by atoms with Gasteiger partial charge in [-0.1, -0.05) is 0 Å². The summed E-state index contributed by atoms with van der Waals surface area (Å²) in [5.74, 6) is -0.160. The Hall–Kier alpha value is -0.950. The van der Waals surface area contributed by atoms with Gasteiger partial charge in [0.15, 0.2) is 5.78 Å². The van der Waals surface area contributed by atoms with Crippen LogP contribution in [0.2, 0.25) is 0 Å². The largest absolute Gasteiger partial charge is 0.383 e. The molecule has 0 saturated carbocycles. The zero-order chi connectivity index (χ0) is 13.4. The molecule has 1 aromatic rings. The molecule has 0 spiro atoms. The number of methoxy groups -OCH3 is 1. The fraction of sp³-hybridized carbons (Fsp3) is 0.500. The Kier molecular flexibility index (Phi) is 9.42. The van der Waals surface area contributed by atoms with Crippen molar-refractivity contribution in [1.82, 2.24) is 10.6 Å². The minimum Gasteiger partial charge on any atom is -0.383 e. The minimum absolute atomic E-state index is 0. The molecule has 19 heavy (non-hydrogen) atoms. The normalized spacial score (nSPS) is 9.79. The molecule has 0 aliphatic heterocycles. The molecule has 1 heterocycles. The second kappa shape index (κ2) is 9.91. The Morgan fingerprint density at radius 3 is 2.63 bits per heavy atom. The van der Waals surface area contributed by atoms with E-state index in [-0.39, 0.29) is 24.1 Å². The van der Waals surface area contributed by atoms with Crippen LogP contribution in [-0.4, -0.2) is 45.0 Å². The molecule has 1 amide bonds. The maximum Gasteiger partial charge on any atom is 0.261 e. The van der Waals surface area contributed by atoms with Crippen LogP contribution in [0.5, 0.6) is 0 Å². The molecular weight excluding hydrogens is 288 g/mol. The summed E-state index contributed by atoms with van der Waals surface area (Å²) in [5, 5.41) is 7.61. The molecule has 108 valence electrons. The van der Waals surface area contributed by atoms with Gasteiger partial charge in [0.25, 0.3) is 5.91 Å². The summed E-state index contributed by atoms with van der Waals surface area (Å²) in [5.41, 5.74) is 0.586. The molecule has 0 aliphatic carbocycles. The van der Waals surface area contributed by atoms with E-state index < -0.39 is 0 Å². The van der Waals surface area contributed by atoms with Gasteiger partial charge in [0.1, 0.15) is 0 Å². The van der Waals surface area contributed by atoms with Gasteiger partial charge >= 0.3 is 0 Å². The quantitative estimate of drug-likeness (QED) is 0.562. The Labute approximate surface area is 123 Å². The number of carbonyl (C=O) groups is 2. The van der Waals surface area contributed by atoms with Crippen molar-refractivity contribution in [2.45, 2.75) is 6.92 Å². The van der Waals surface area contributed by atoms with Gasteiger partial charge in [0, 0.05) is 37.7 Å². The van der Waals surface area contributed by atoms with Gasteiger partial charge < -0.3 is 15.4 Å². The summed E-state index contributed by atoms with van der Waals surface area (Å²) in [6.45, 7) is 4.15. The van der Waals surface area contributed by atoms with E-state index in [1.165, 1.54) is 18.3 Å². The molecule has 0 fully saturated rings. The second-order valence-electron chi connectivity index (χ2n) is 3.75. The maximum absolute atomic E-state index is 11.7. The number of halogens is 1. The number of nitrogens with one attached hydrogen (secondary N) is 2. The molecule has 0 bridgehead atoms. The van der Waals surface area contributed by atoms with Gasteiger partial charge in [-0.3, -0.25) is 9.59 Å². The molecule has 1 rings (SSSR count). The number of hydrogen-bond donors (Lipinski definition) is 2. The standard InChI is InChI=1S/C12H18N2O3S.ClH/c1-9(15)10-7-11(18-8-10)12(16)14-4-3-13-5-6-17-2;/h7-8,13H,3-6H2,1-2H3,(H,14,16);1H. The van der Waals surface area contributed by atoms with Crippen LogP contribution in [0.15, 0.2) is 11.4 Å². The summed E-state index contributed by atoms with van der Waals surface area (Å²) >= 11 is 1.28. The van der Waals surface area contributed by atoms with E-state index in [1.807, 2.05) is 0 Å². The van der Waals surface area contributed by atoms with Gasteiger partial charge in [0.05, 0.1) is 11.5 Å². The third-order valence-corrected chi connectivity index (χ3v) is 3.23. The Morgan fingerprint density at radius 2 is 2.05 bits per heavy atom. The van der Waals surface area contributed by atoms with Crippen LogP contribution in [0.3, 0.4) is 0 Å². The number of thiophene rings is 1. The average molecular weight is 307 g/mol. The van der Waals surface area contributed by atoms with Crippen molar-refractivity contribution < 1.29 is 14.3 Å². The summed E-state index contributed by atoms with van der Waals surface area (Å²) < 4.78 is 4.88. The zero-order valence-electron chi connectivity index (χ0n) is 11.0. The fourth-order valence-electron chi connectivity index (χ4n) is 1.29. The van der Waals surface area contributed by atoms with Crippen LogP contribution >= 0.6 is 23.7 Å². The molecule has 2 N–H and O–H groups in total. The van der Waals surface area contributed by atoms with Crippen molar-refractivity contribution in [3.63, 3.8) is 0 Å². The summed E-state index contributed by atoms with van der Waals surface area (Å²) in [6.07, 6.45) is 0. The SMILES string of the molecule is COCCNCCNC(=O)c1cc(C(C)=O)cs1.Cl. The highest BCUT2D eigenvalue weighted by Gasteiger charge is 2.10. The maximum atomic E-state index is 11.7. The first-order valence-electron chi connectivity index (χ1n) is 5.72. The topological polar surface area (TPSA) is 67.4 Å². The lowest BCUT2D eigenvalue weighted by Gasteiger charge is -2.05. The van der Waals surface area contributed by atoms with Gasteiger partial charge in [-0.15, -0.1) is 23.7 Å². The van der Waals surface area contributed by atoms with E-state index in [1.54, 1.807) is 18.6 Å². The molecule has 0 atom stereocenters. The number of hydrogen-bond acceptors (Lipinski definition) is 5. The van der Waals surface area contributed by atoms with Crippen LogP contribution in [0, 0.1) is 0 Å². The second-order valence-corrected chi connectivity index (χ2v) is 4.67. The van der Waals surface area contributed by atoms with Crippen molar-refractivity contribution >= 4 is 35.4 Å². The van der Waals surface area contributed by atoms with Crippen molar-refractivity contribution in [2.24, 2.45) is 0 Å². The molecule has 7 heteroatoms. The predicted molar refractivity (Wildman–Crippen MR) is 78.7 cm³/mol. The Morgan fingerprint density at radius 1 is 1.32 bits per heavy atom. The number of ether oxygens (including phenoxy) is 1. The van der Waals surface area contributed by atoms with Crippen LogP contribution in [0.1, 0.15) is 27.0 Å². The minimum atomic E-state index is -0.138. The lowest BCUT2D eigenvalue weighted by Crippen LogP contribution is -2.32. The van der Waals surface area contributed by atoms with Gasteiger partial charge in [-0.2, -0.15) is 0 Å². The number of rotatable bonds is 8. The molecule has 5 nitrogen and oxygen atoms in total. The fourth-order valence-corrected chi connectivity index (χ4v) is 2.15. The highest BCUT2D eigenvalue weighted by molar-refractivity contribution is 7.12. The van der Waals surface area contributed by atoms with Gasteiger partial charge in [0.2, 0.25) is 0 Å². The molecule has 1 aromatic heterocycles. The van der Waals surface area contributed by atoms with Gasteiger partial charge in [-0.05, 0) is 13.0 Å². The highest BCUT2D eigenvalue weighted by Crippen LogP contribution is 2.14. The molecule has 0 aromatic carbocycles. The Balaban J connectivity index is 0.00000324. The smallest absolute Gasteiger partial charge is 0.261 e. The number of ketones is 1. The number of carbonyl (C=O) groups excluding carboxylic acids is 2. The van der Waals surface area contributed by atoms with Crippen molar-refractivity contribution in [3.8, 4) is 0 Å². The monoisotopic (exact) mass is 306 g/mol. The van der Waals surface area contributed by atoms with Crippen molar-refractivity contribution in [3.05, 3.63) is 21.9 Å². The zero-order valence-corrected chi connectivity index (χ0v) is 12.7. The first kappa shape index (κ1) is 18.0. The third-order valence-electron chi connectivity index (χ3n) is 2.30. The van der Waals surface area contributed by atoms with Crippen LogP contribution in [0.4, 0.5) is 0 Å². The third kappa shape index (κ3) is 6.68. The van der Waals surface area contributed by atoms with E-state index in [0.29, 0.717) is 30.1 Å². The molecular formula is C12H19ClN2O3S. The van der Waals surface area contributed by atoms with Crippen LogP contribution in [-0.2, 0) is 4.74 Å². The first-order valence-corrected chi connectivity index (χ1v) is 6.60. The predicted octanol–water partition coefficient (Wildman–Crippen LogP) is 1.34. The van der Waals surface area contributed by atoms with E-state index in [4.69, 9.17) is 4.74 Å². The van der Waals surface area contributed by atoms with E-state index in [2.05, 4.69) is 10.6 Å². The van der Waals surface area contributed by atoms with E-state index in [9.17, 15) is 9.59 Å². The first-order chi connectivity index (χ1) is 8.65. The molecule has 0 saturated heterocycles. The van der Waals surface area contributed by atoms with Crippen molar-refractivity contribution in [2.75, 3.05) is 33.4 Å². The van der Waals surface area contributed by atoms with E-state index in [0.717, 1.165) is 6.54 Å². The molecule has 0 aliphatic rings. The average Bonchev–Trinajstić information content (AvgIpc) is 2.83. The number of Topliss-reactive ketones (excluding diaryl/α,β-unsaturated/α-hetero) is 1. The molecule has 0 radical (unpaired) electrons. The van der Waals surface area contributed by atoms with Crippen LogP contribution < -0.4 is 10.6 Å². The lowest BCUT2D eigenvalue weighted by molar-refractivity contribution is 0.0957. The summed E-state index contributed by atoms with van der Waals surface area (Å²) in [7, 11) is 1.65. The van der Waals surface area contributed by atoms with E-state index >= 15 is 0 Å². The number of amides is 1. The summed E-state index contributed by atoms with van der Waals surface area (Å²) in [4.78, 5) is 23.4. The highest BCUT2D eigenvalue weighted by atomic mass is 35.5. The van der Waals surface area contributed by atoms with Crippen molar-refractivity contribution in [1.29, 1.82) is 0 Å². The van der Waals surface area contributed by atoms with Gasteiger partial charge in [-0.25, -0.2) is 0 Å². The lowest BCUT2D eigenvalue weighted by atomic mass is 10.2. The van der Waals surface area contributed by atoms with Crippen LogP contribution in [0.25, 0.3) is 0 Å². The molecule has 0 unspecified atom stereocenters.